The zero-order valence-corrected chi connectivity index (χ0v) is 9.63. The molecule has 2 aromatic rings. The molecule has 0 spiro atoms. The van der Waals surface area contributed by atoms with Gasteiger partial charge in [-0.1, -0.05) is 25.5 Å². The molecule has 76 valence electrons. The maximum absolute atomic E-state index is 4.35. The Labute approximate surface area is 85.6 Å². The molecule has 0 aliphatic carbocycles. The Balaban J connectivity index is 0.000000461. The van der Waals surface area contributed by atoms with Crippen molar-refractivity contribution in [1.82, 2.24) is 9.78 Å². The molecule has 0 bridgehead atoms. The molecule has 0 radical (unpaired) electrons. The SMILES string of the molecule is CC.Cc1ccc2c(c1)c(C)nn2C. The van der Waals surface area contributed by atoms with Crippen LogP contribution in [0.25, 0.3) is 10.9 Å². The molecule has 14 heavy (non-hydrogen) atoms. The van der Waals surface area contributed by atoms with E-state index < -0.39 is 0 Å². The van der Waals surface area contributed by atoms with Crippen molar-refractivity contribution in [3.8, 4) is 0 Å². The molecule has 0 aliphatic rings. The van der Waals surface area contributed by atoms with Crippen molar-refractivity contribution in [1.29, 1.82) is 0 Å². The molecule has 2 heteroatoms. The lowest BCUT2D eigenvalue weighted by molar-refractivity contribution is 0.783. The smallest absolute Gasteiger partial charge is 0.0682 e. The third kappa shape index (κ3) is 1.79. The molecule has 0 amide bonds. The maximum Gasteiger partial charge on any atom is 0.0682 e. The first-order valence-corrected chi connectivity index (χ1v) is 5.08. The van der Waals surface area contributed by atoms with E-state index in [9.17, 15) is 0 Å². The molecule has 0 atom stereocenters. The average Bonchev–Trinajstić information content (AvgIpc) is 2.46. The lowest BCUT2D eigenvalue weighted by Crippen LogP contribution is -1.88. The number of benzene rings is 1. The Morgan fingerprint density at radius 1 is 1.14 bits per heavy atom. The van der Waals surface area contributed by atoms with E-state index in [-0.39, 0.29) is 0 Å². The topological polar surface area (TPSA) is 17.8 Å². The highest BCUT2D eigenvalue weighted by Crippen LogP contribution is 2.18. The summed E-state index contributed by atoms with van der Waals surface area (Å²) in [5.41, 5.74) is 3.60. The zero-order chi connectivity index (χ0) is 10.7. The third-order valence-corrected chi connectivity index (χ3v) is 2.19. The van der Waals surface area contributed by atoms with E-state index >= 15 is 0 Å². The van der Waals surface area contributed by atoms with Gasteiger partial charge in [-0.25, -0.2) is 0 Å². The molecule has 1 aromatic heterocycles. The number of nitrogens with zero attached hydrogens (tertiary/aromatic N) is 2. The van der Waals surface area contributed by atoms with E-state index in [4.69, 9.17) is 0 Å². The van der Waals surface area contributed by atoms with Gasteiger partial charge in [0.1, 0.15) is 0 Å². The van der Waals surface area contributed by atoms with Crippen LogP contribution in [0.2, 0.25) is 0 Å². The van der Waals surface area contributed by atoms with E-state index in [1.54, 1.807) is 0 Å². The summed E-state index contributed by atoms with van der Waals surface area (Å²) in [5, 5.41) is 5.61. The summed E-state index contributed by atoms with van der Waals surface area (Å²) in [6.07, 6.45) is 0. The molecule has 2 nitrogen and oxygen atoms in total. The first-order chi connectivity index (χ1) is 6.68. The van der Waals surface area contributed by atoms with Crippen LogP contribution in [0.3, 0.4) is 0 Å². The molecule has 0 N–H and O–H groups in total. The summed E-state index contributed by atoms with van der Waals surface area (Å²) in [6, 6.07) is 6.41. The number of fused-ring (bicyclic) bond motifs is 1. The van der Waals surface area contributed by atoms with Gasteiger partial charge in [0, 0.05) is 12.4 Å². The van der Waals surface area contributed by atoms with Gasteiger partial charge in [0.25, 0.3) is 0 Å². The molecular formula is C12H18N2. The van der Waals surface area contributed by atoms with Crippen molar-refractivity contribution in [2.75, 3.05) is 0 Å². The molecule has 0 saturated carbocycles. The van der Waals surface area contributed by atoms with Crippen molar-refractivity contribution in [3.63, 3.8) is 0 Å². The van der Waals surface area contributed by atoms with Gasteiger partial charge in [-0.15, -0.1) is 0 Å². The van der Waals surface area contributed by atoms with Crippen molar-refractivity contribution in [3.05, 3.63) is 29.5 Å². The zero-order valence-electron chi connectivity index (χ0n) is 9.63. The highest BCUT2D eigenvalue weighted by molar-refractivity contribution is 5.82. The minimum atomic E-state index is 1.11. The largest absolute Gasteiger partial charge is 0.268 e. The van der Waals surface area contributed by atoms with Gasteiger partial charge in [-0.05, 0) is 26.0 Å². The minimum Gasteiger partial charge on any atom is -0.268 e. The molecule has 2 rings (SSSR count). The van der Waals surface area contributed by atoms with Crippen LogP contribution < -0.4 is 0 Å². The molecule has 1 aromatic carbocycles. The first-order valence-electron chi connectivity index (χ1n) is 5.08. The predicted octanol–water partition coefficient (Wildman–Crippen LogP) is 3.22. The molecular weight excluding hydrogens is 172 g/mol. The van der Waals surface area contributed by atoms with Crippen LogP contribution >= 0.6 is 0 Å². The summed E-state index contributed by atoms with van der Waals surface area (Å²) in [7, 11) is 1.98. The Morgan fingerprint density at radius 2 is 1.79 bits per heavy atom. The monoisotopic (exact) mass is 190 g/mol. The van der Waals surface area contributed by atoms with E-state index in [0.717, 1.165) is 5.69 Å². The van der Waals surface area contributed by atoms with Crippen LogP contribution in [0.1, 0.15) is 25.1 Å². The van der Waals surface area contributed by atoms with Crippen LogP contribution in [0.5, 0.6) is 0 Å². The summed E-state index contributed by atoms with van der Waals surface area (Å²) < 4.78 is 1.92. The maximum atomic E-state index is 4.35. The second-order valence-electron chi connectivity index (χ2n) is 3.23. The second-order valence-corrected chi connectivity index (χ2v) is 3.23. The number of aryl methyl sites for hydroxylation is 3. The van der Waals surface area contributed by atoms with Crippen LogP contribution in [0.15, 0.2) is 18.2 Å². The van der Waals surface area contributed by atoms with Gasteiger partial charge in [-0.2, -0.15) is 5.10 Å². The fourth-order valence-corrected chi connectivity index (χ4v) is 1.55. The number of hydrogen-bond acceptors (Lipinski definition) is 1. The Hall–Kier alpha value is -1.31. The van der Waals surface area contributed by atoms with E-state index in [1.165, 1.54) is 16.5 Å². The number of hydrogen-bond donors (Lipinski definition) is 0. The summed E-state index contributed by atoms with van der Waals surface area (Å²) in [6.45, 7) is 8.15. The molecule has 0 aliphatic heterocycles. The summed E-state index contributed by atoms with van der Waals surface area (Å²) >= 11 is 0. The number of rotatable bonds is 0. The fraction of sp³-hybridized carbons (Fsp3) is 0.417. The Kier molecular flexibility index (Phi) is 3.28. The van der Waals surface area contributed by atoms with Gasteiger partial charge >= 0.3 is 0 Å². The van der Waals surface area contributed by atoms with Crippen molar-refractivity contribution >= 4 is 10.9 Å². The van der Waals surface area contributed by atoms with Crippen molar-refractivity contribution in [2.45, 2.75) is 27.7 Å². The third-order valence-electron chi connectivity index (χ3n) is 2.19. The molecule has 0 fully saturated rings. The van der Waals surface area contributed by atoms with E-state index in [0.29, 0.717) is 0 Å². The molecule has 0 saturated heterocycles. The van der Waals surface area contributed by atoms with Gasteiger partial charge in [0.2, 0.25) is 0 Å². The minimum absolute atomic E-state index is 1.11. The lowest BCUT2D eigenvalue weighted by Gasteiger charge is -1.94. The van der Waals surface area contributed by atoms with E-state index in [2.05, 4.69) is 30.2 Å². The standard InChI is InChI=1S/C10H12N2.C2H6/c1-7-4-5-10-9(6-7)8(2)11-12(10)3;1-2/h4-6H,1-3H3;1-2H3. The normalized spacial score (nSPS) is 9.79. The predicted molar refractivity (Wildman–Crippen MR) is 61.5 cm³/mol. The van der Waals surface area contributed by atoms with Crippen molar-refractivity contribution < 1.29 is 0 Å². The fourth-order valence-electron chi connectivity index (χ4n) is 1.55. The quantitative estimate of drug-likeness (QED) is 0.623. The van der Waals surface area contributed by atoms with E-state index in [1.807, 2.05) is 32.5 Å². The molecule has 1 heterocycles. The second kappa shape index (κ2) is 4.27. The van der Waals surface area contributed by atoms with Gasteiger partial charge in [0.05, 0.1) is 11.2 Å². The summed E-state index contributed by atoms with van der Waals surface area (Å²) in [4.78, 5) is 0. The van der Waals surface area contributed by atoms with Crippen molar-refractivity contribution in [2.24, 2.45) is 7.05 Å². The lowest BCUT2D eigenvalue weighted by atomic mass is 10.1. The van der Waals surface area contributed by atoms with Gasteiger partial charge in [-0.3, -0.25) is 4.68 Å². The van der Waals surface area contributed by atoms with Crippen LogP contribution in [-0.2, 0) is 7.05 Å². The highest BCUT2D eigenvalue weighted by atomic mass is 15.3. The molecule has 0 unspecified atom stereocenters. The highest BCUT2D eigenvalue weighted by Gasteiger charge is 2.02. The van der Waals surface area contributed by atoms with Gasteiger partial charge in [0.15, 0.2) is 0 Å². The van der Waals surface area contributed by atoms with Crippen LogP contribution in [0, 0.1) is 13.8 Å². The average molecular weight is 190 g/mol. The Morgan fingerprint density at radius 3 is 2.43 bits per heavy atom. The Bertz CT molecular complexity index is 427. The van der Waals surface area contributed by atoms with Gasteiger partial charge < -0.3 is 0 Å². The van der Waals surface area contributed by atoms with Crippen LogP contribution in [-0.4, -0.2) is 9.78 Å². The number of aromatic nitrogens is 2. The first kappa shape index (κ1) is 10.8. The van der Waals surface area contributed by atoms with Crippen LogP contribution in [0.4, 0.5) is 0 Å². The summed E-state index contributed by atoms with van der Waals surface area (Å²) in [5.74, 6) is 0.